The summed E-state index contributed by atoms with van der Waals surface area (Å²) in [5, 5.41) is 17.7. The first-order valence-corrected chi connectivity index (χ1v) is 6.57. The minimum Gasteiger partial charge on any atom is -0.348 e. The fourth-order valence-electron chi connectivity index (χ4n) is 1.84. The van der Waals surface area contributed by atoms with Crippen LogP contribution in [0.1, 0.15) is 17.3 Å². The number of hydrogen-bond donors (Lipinski definition) is 1. The first-order chi connectivity index (χ1) is 9.97. The predicted molar refractivity (Wildman–Crippen MR) is 77.3 cm³/mol. The summed E-state index contributed by atoms with van der Waals surface area (Å²) in [6.45, 7) is 2.30. The Morgan fingerprint density at radius 2 is 2.33 bits per heavy atom. The molecule has 2 aromatic rings. The molecule has 110 valence electrons. The average molecular weight is 309 g/mol. The summed E-state index contributed by atoms with van der Waals surface area (Å²) in [6.07, 6.45) is 3.43. The van der Waals surface area contributed by atoms with Crippen molar-refractivity contribution < 1.29 is 9.72 Å². The molecule has 21 heavy (non-hydrogen) atoms. The maximum Gasteiger partial charge on any atom is 0.270 e. The second-order valence-corrected chi connectivity index (χ2v) is 4.93. The lowest BCUT2D eigenvalue weighted by molar-refractivity contribution is -0.384. The zero-order chi connectivity index (χ0) is 15.4. The lowest BCUT2D eigenvalue weighted by atomic mass is 10.1. The average Bonchev–Trinajstić information content (AvgIpc) is 2.91. The molecule has 2 rings (SSSR count). The number of hydrogen-bond acceptors (Lipinski definition) is 4. The third-order valence-corrected chi connectivity index (χ3v) is 3.13. The SMILES string of the molecule is CC(Cn1cccn1)NC(=O)c1cc([N+](=O)[O-])ccc1Cl. The van der Waals surface area contributed by atoms with Gasteiger partial charge >= 0.3 is 0 Å². The standard InChI is InChI=1S/C13H13ClN4O3/c1-9(8-17-6-2-5-15-17)16-13(19)11-7-10(18(20)21)3-4-12(11)14/h2-7,9H,8H2,1H3,(H,16,19). The molecule has 1 aromatic carbocycles. The normalized spacial score (nSPS) is 11.9. The quantitative estimate of drug-likeness (QED) is 0.677. The van der Waals surface area contributed by atoms with Crippen LogP contribution in [0.5, 0.6) is 0 Å². The van der Waals surface area contributed by atoms with Gasteiger partial charge in [-0.2, -0.15) is 5.10 Å². The van der Waals surface area contributed by atoms with Crippen LogP contribution < -0.4 is 5.32 Å². The molecule has 0 aliphatic heterocycles. The van der Waals surface area contributed by atoms with Gasteiger partial charge in [0.15, 0.2) is 0 Å². The van der Waals surface area contributed by atoms with Gasteiger partial charge in [0.2, 0.25) is 0 Å². The fourth-order valence-corrected chi connectivity index (χ4v) is 2.04. The van der Waals surface area contributed by atoms with E-state index in [-0.39, 0.29) is 22.3 Å². The van der Waals surface area contributed by atoms with Crippen LogP contribution in [0.15, 0.2) is 36.7 Å². The Labute approximate surface area is 125 Å². The number of carbonyl (C=O) groups excluding carboxylic acids is 1. The molecular weight excluding hydrogens is 296 g/mol. The van der Waals surface area contributed by atoms with E-state index in [1.54, 1.807) is 23.1 Å². The van der Waals surface area contributed by atoms with Gasteiger partial charge in [-0.15, -0.1) is 0 Å². The number of amides is 1. The molecule has 1 heterocycles. The largest absolute Gasteiger partial charge is 0.348 e. The number of benzene rings is 1. The molecule has 1 aromatic heterocycles. The van der Waals surface area contributed by atoms with Gasteiger partial charge in [-0.25, -0.2) is 0 Å². The summed E-state index contributed by atoms with van der Waals surface area (Å²) in [5.41, 5.74) is -0.0949. The molecule has 0 spiro atoms. The number of carbonyl (C=O) groups is 1. The Bertz CT molecular complexity index is 657. The number of non-ortho nitro benzene ring substituents is 1. The molecule has 1 atom stereocenters. The summed E-state index contributed by atoms with van der Waals surface area (Å²) in [6, 6.07) is 5.34. The molecule has 8 heteroatoms. The number of halogens is 1. The van der Waals surface area contributed by atoms with Crippen LogP contribution in [0.3, 0.4) is 0 Å². The van der Waals surface area contributed by atoms with E-state index in [0.717, 1.165) is 6.07 Å². The van der Waals surface area contributed by atoms with Crippen molar-refractivity contribution in [3.63, 3.8) is 0 Å². The molecule has 0 radical (unpaired) electrons. The fraction of sp³-hybridized carbons (Fsp3) is 0.231. The Morgan fingerprint density at radius 3 is 2.95 bits per heavy atom. The number of nitrogens with zero attached hydrogens (tertiary/aromatic N) is 3. The van der Waals surface area contributed by atoms with E-state index in [1.807, 2.05) is 6.92 Å². The van der Waals surface area contributed by atoms with Crippen LogP contribution in [-0.4, -0.2) is 26.7 Å². The molecule has 0 bridgehead atoms. The highest BCUT2D eigenvalue weighted by Crippen LogP contribution is 2.22. The molecule has 1 amide bonds. The minimum absolute atomic E-state index is 0.0816. The molecule has 0 aliphatic carbocycles. The lowest BCUT2D eigenvalue weighted by Crippen LogP contribution is -2.36. The summed E-state index contributed by atoms with van der Waals surface area (Å²) in [5.74, 6) is -0.455. The van der Waals surface area contributed by atoms with E-state index >= 15 is 0 Å². The minimum atomic E-state index is -0.569. The van der Waals surface area contributed by atoms with E-state index in [1.165, 1.54) is 12.1 Å². The highest BCUT2D eigenvalue weighted by Gasteiger charge is 2.17. The number of nitrogens with one attached hydrogen (secondary N) is 1. The Morgan fingerprint density at radius 1 is 1.57 bits per heavy atom. The zero-order valence-electron chi connectivity index (χ0n) is 11.2. The molecule has 0 saturated heterocycles. The molecular formula is C13H13ClN4O3. The first-order valence-electron chi connectivity index (χ1n) is 6.19. The van der Waals surface area contributed by atoms with Crippen molar-refractivity contribution >= 4 is 23.2 Å². The molecule has 0 fully saturated rings. The number of nitro benzene ring substituents is 1. The Hall–Kier alpha value is -2.41. The smallest absolute Gasteiger partial charge is 0.270 e. The van der Waals surface area contributed by atoms with Crippen molar-refractivity contribution in [2.75, 3.05) is 0 Å². The van der Waals surface area contributed by atoms with E-state index < -0.39 is 10.8 Å². The van der Waals surface area contributed by atoms with Gasteiger partial charge in [0.25, 0.3) is 11.6 Å². The van der Waals surface area contributed by atoms with Crippen molar-refractivity contribution in [2.45, 2.75) is 19.5 Å². The Kier molecular flexibility index (Phi) is 4.54. The van der Waals surface area contributed by atoms with Gasteiger partial charge in [0, 0.05) is 30.6 Å². The number of aromatic nitrogens is 2. The van der Waals surface area contributed by atoms with Crippen molar-refractivity contribution in [3.8, 4) is 0 Å². The van der Waals surface area contributed by atoms with E-state index in [4.69, 9.17) is 11.6 Å². The van der Waals surface area contributed by atoms with Gasteiger partial charge in [-0.05, 0) is 19.1 Å². The van der Waals surface area contributed by atoms with Crippen molar-refractivity contribution in [1.29, 1.82) is 0 Å². The van der Waals surface area contributed by atoms with Crippen molar-refractivity contribution in [1.82, 2.24) is 15.1 Å². The highest BCUT2D eigenvalue weighted by atomic mass is 35.5. The first kappa shape index (κ1) is 15.0. The third-order valence-electron chi connectivity index (χ3n) is 2.80. The highest BCUT2D eigenvalue weighted by molar-refractivity contribution is 6.33. The van der Waals surface area contributed by atoms with Crippen LogP contribution in [0.2, 0.25) is 5.02 Å². The van der Waals surface area contributed by atoms with Crippen LogP contribution in [0.25, 0.3) is 0 Å². The maximum atomic E-state index is 12.1. The van der Waals surface area contributed by atoms with Gasteiger partial charge < -0.3 is 5.32 Å². The molecule has 1 unspecified atom stereocenters. The second kappa shape index (κ2) is 6.36. The maximum absolute atomic E-state index is 12.1. The molecule has 0 aliphatic rings. The summed E-state index contributed by atoms with van der Waals surface area (Å²) >= 11 is 5.92. The third kappa shape index (κ3) is 3.79. The molecule has 1 N–H and O–H groups in total. The summed E-state index contributed by atoms with van der Waals surface area (Å²) in [4.78, 5) is 22.3. The van der Waals surface area contributed by atoms with Gasteiger partial charge in [0.05, 0.1) is 22.1 Å². The van der Waals surface area contributed by atoms with Crippen LogP contribution in [-0.2, 0) is 6.54 Å². The second-order valence-electron chi connectivity index (χ2n) is 4.52. The van der Waals surface area contributed by atoms with Crippen LogP contribution >= 0.6 is 11.6 Å². The van der Waals surface area contributed by atoms with Gasteiger partial charge in [-0.3, -0.25) is 19.6 Å². The van der Waals surface area contributed by atoms with Crippen molar-refractivity contribution in [3.05, 3.63) is 57.4 Å². The molecule has 0 saturated carbocycles. The number of nitro groups is 1. The lowest BCUT2D eigenvalue weighted by Gasteiger charge is -2.14. The summed E-state index contributed by atoms with van der Waals surface area (Å²) < 4.78 is 1.68. The summed E-state index contributed by atoms with van der Waals surface area (Å²) in [7, 11) is 0. The van der Waals surface area contributed by atoms with E-state index in [9.17, 15) is 14.9 Å². The zero-order valence-corrected chi connectivity index (χ0v) is 11.9. The van der Waals surface area contributed by atoms with E-state index in [0.29, 0.717) is 6.54 Å². The number of rotatable bonds is 5. The molecule has 7 nitrogen and oxygen atoms in total. The van der Waals surface area contributed by atoms with Gasteiger partial charge in [0.1, 0.15) is 0 Å². The van der Waals surface area contributed by atoms with Crippen molar-refractivity contribution in [2.24, 2.45) is 0 Å². The van der Waals surface area contributed by atoms with Crippen LogP contribution in [0, 0.1) is 10.1 Å². The van der Waals surface area contributed by atoms with Crippen LogP contribution in [0.4, 0.5) is 5.69 Å². The van der Waals surface area contributed by atoms with E-state index in [2.05, 4.69) is 10.4 Å². The topological polar surface area (TPSA) is 90.1 Å². The predicted octanol–water partition coefficient (Wildman–Crippen LogP) is 2.26. The monoisotopic (exact) mass is 308 g/mol. The Balaban J connectivity index is 2.09. The van der Waals surface area contributed by atoms with Gasteiger partial charge in [-0.1, -0.05) is 11.6 Å².